The van der Waals surface area contributed by atoms with Crippen LogP contribution in [0.15, 0.2) is 12.4 Å². The van der Waals surface area contributed by atoms with Crippen molar-refractivity contribution in [2.45, 2.75) is 44.2 Å². The molecule has 1 aromatic heterocycles. The lowest BCUT2D eigenvalue weighted by Crippen LogP contribution is -2.40. The highest BCUT2D eigenvalue weighted by molar-refractivity contribution is 5.49. The molecule has 1 aliphatic carbocycles. The molecule has 1 aliphatic heterocycles. The molecule has 98 valence electrons. The van der Waals surface area contributed by atoms with E-state index in [9.17, 15) is 0 Å². The van der Waals surface area contributed by atoms with E-state index in [1.807, 2.05) is 0 Å². The maximum atomic E-state index is 5.92. The minimum atomic E-state index is 0.357. The Hall–Kier alpha value is -1.36. The number of rotatable bonds is 3. The van der Waals surface area contributed by atoms with Crippen LogP contribution in [0.3, 0.4) is 0 Å². The third kappa shape index (κ3) is 2.56. The number of nitrogens with one attached hydrogen (secondary N) is 1. The van der Waals surface area contributed by atoms with Gasteiger partial charge in [0.25, 0.3) is 0 Å². The van der Waals surface area contributed by atoms with Gasteiger partial charge in [-0.3, -0.25) is 0 Å². The summed E-state index contributed by atoms with van der Waals surface area (Å²) in [6.07, 6.45) is 7.62. The van der Waals surface area contributed by atoms with Gasteiger partial charge < -0.3 is 16.0 Å². The first-order chi connectivity index (χ1) is 8.81. The zero-order chi connectivity index (χ0) is 12.4. The second-order valence-corrected chi connectivity index (χ2v) is 5.36. The van der Waals surface area contributed by atoms with E-state index in [-0.39, 0.29) is 0 Å². The van der Waals surface area contributed by atoms with Crippen molar-refractivity contribution in [1.29, 1.82) is 0 Å². The molecule has 0 bridgehead atoms. The third-order valence-electron chi connectivity index (χ3n) is 3.97. The Labute approximate surface area is 108 Å². The molecule has 5 nitrogen and oxygen atoms in total. The van der Waals surface area contributed by atoms with Crippen molar-refractivity contribution in [1.82, 2.24) is 9.97 Å². The lowest BCUT2D eigenvalue weighted by molar-refractivity contribution is 0.444. The number of nitrogens with two attached hydrogens (primary N) is 1. The summed E-state index contributed by atoms with van der Waals surface area (Å²) in [7, 11) is 0. The van der Waals surface area contributed by atoms with Gasteiger partial charge >= 0.3 is 0 Å². The molecule has 0 unspecified atom stereocenters. The molecule has 0 spiro atoms. The van der Waals surface area contributed by atoms with E-state index < -0.39 is 0 Å². The molecule has 1 aromatic rings. The third-order valence-corrected chi connectivity index (χ3v) is 3.97. The average Bonchev–Trinajstić information content (AvgIpc) is 2.35. The van der Waals surface area contributed by atoms with Gasteiger partial charge in [0.15, 0.2) is 0 Å². The van der Waals surface area contributed by atoms with Crippen LogP contribution < -0.4 is 16.0 Å². The van der Waals surface area contributed by atoms with Crippen molar-refractivity contribution in [3.8, 4) is 0 Å². The molecule has 3 N–H and O–H groups in total. The normalized spacial score (nSPS) is 21.7. The Bertz CT molecular complexity index is 396. The second kappa shape index (κ2) is 5.10. The fraction of sp³-hybridized carbons (Fsp3) is 0.692. The molecule has 2 heterocycles. The summed E-state index contributed by atoms with van der Waals surface area (Å²) in [4.78, 5) is 11.0. The Morgan fingerprint density at radius 3 is 2.61 bits per heavy atom. The number of anilines is 2. The minimum Gasteiger partial charge on any atom is -0.367 e. The minimum absolute atomic E-state index is 0.357. The Morgan fingerprint density at radius 1 is 1.17 bits per heavy atom. The SMILES string of the molecule is NC1CCN(c2cc(NC3CCC3)ncn2)CC1. The molecule has 1 saturated carbocycles. The van der Waals surface area contributed by atoms with E-state index in [0.29, 0.717) is 12.1 Å². The van der Waals surface area contributed by atoms with Gasteiger partial charge in [0, 0.05) is 31.2 Å². The molecule has 0 radical (unpaired) electrons. The largest absolute Gasteiger partial charge is 0.367 e. The molecule has 0 aromatic carbocycles. The molecule has 18 heavy (non-hydrogen) atoms. The molecule has 3 rings (SSSR count). The summed E-state index contributed by atoms with van der Waals surface area (Å²) in [5.74, 6) is 1.98. The fourth-order valence-electron chi connectivity index (χ4n) is 2.49. The molecule has 1 saturated heterocycles. The maximum Gasteiger partial charge on any atom is 0.134 e. The van der Waals surface area contributed by atoms with Crippen LogP contribution in [0.25, 0.3) is 0 Å². The fourth-order valence-corrected chi connectivity index (χ4v) is 2.49. The lowest BCUT2D eigenvalue weighted by Gasteiger charge is -2.31. The van der Waals surface area contributed by atoms with Crippen LogP contribution in [0.4, 0.5) is 11.6 Å². The lowest BCUT2D eigenvalue weighted by atomic mass is 9.93. The molecular weight excluding hydrogens is 226 g/mol. The molecule has 0 amide bonds. The zero-order valence-corrected chi connectivity index (χ0v) is 10.7. The van der Waals surface area contributed by atoms with E-state index in [0.717, 1.165) is 37.6 Å². The highest BCUT2D eigenvalue weighted by atomic mass is 15.2. The highest BCUT2D eigenvalue weighted by Gasteiger charge is 2.20. The average molecular weight is 247 g/mol. The van der Waals surface area contributed by atoms with Crippen molar-refractivity contribution in [3.05, 3.63) is 12.4 Å². The van der Waals surface area contributed by atoms with E-state index in [1.54, 1.807) is 6.33 Å². The summed E-state index contributed by atoms with van der Waals surface area (Å²) in [5, 5.41) is 3.46. The predicted octanol–water partition coefficient (Wildman–Crippen LogP) is 1.37. The van der Waals surface area contributed by atoms with Crippen LogP contribution in [0.2, 0.25) is 0 Å². The van der Waals surface area contributed by atoms with Crippen LogP contribution in [-0.4, -0.2) is 35.1 Å². The van der Waals surface area contributed by atoms with Crippen molar-refractivity contribution < 1.29 is 0 Å². The number of piperidine rings is 1. The summed E-state index contributed by atoms with van der Waals surface area (Å²) in [5.41, 5.74) is 5.92. The van der Waals surface area contributed by atoms with E-state index in [2.05, 4.69) is 26.3 Å². The van der Waals surface area contributed by atoms with Gasteiger partial charge in [-0.25, -0.2) is 9.97 Å². The number of nitrogens with zero attached hydrogens (tertiary/aromatic N) is 3. The highest BCUT2D eigenvalue weighted by Crippen LogP contribution is 2.24. The van der Waals surface area contributed by atoms with Crippen molar-refractivity contribution >= 4 is 11.6 Å². The van der Waals surface area contributed by atoms with Gasteiger partial charge in [-0.15, -0.1) is 0 Å². The summed E-state index contributed by atoms with van der Waals surface area (Å²) >= 11 is 0. The molecule has 5 heteroatoms. The Balaban J connectivity index is 1.66. The first-order valence-corrected chi connectivity index (χ1v) is 6.90. The quantitative estimate of drug-likeness (QED) is 0.844. The van der Waals surface area contributed by atoms with Gasteiger partial charge in [-0.1, -0.05) is 0 Å². The molecule has 2 aliphatic rings. The first-order valence-electron chi connectivity index (χ1n) is 6.90. The number of hydrogen-bond acceptors (Lipinski definition) is 5. The van der Waals surface area contributed by atoms with Gasteiger partial charge in [0.2, 0.25) is 0 Å². The predicted molar refractivity (Wildman–Crippen MR) is 72.7 cm³/mol. The van der Waals surface area contributed by atoms with Crippen LogP contribution in [-0.2, 0) is 0 Å². The van der Waals surface area contributed by atoms with Crippen LogP contribution in [0, 0.1) is 0 Å². The van der Waals surface area contributed by atoms with E-state index >= 15 is 0 Å². The standard InChI is InChI=1S/C13H21N5/c14-10-4-6-18(7-5-10)13-8-12(15-9-16-13)17-11-2-1-3-11/h8-11H,1-7,14H2,(H,15,16,17). The van der Waals surface area contributed by atoms with Gasteiger partial charge in [0.1, 0.15) is 18.0 Å². The molecule has 0 atom stereocenters. The zero-order valence-electron chi connectivity index (χ0n) is 10.7. The number of hydrogen-bond donors (Lipinski definition) is 2. The monoisotopic (exact) mass is 247 g/mol. The van der Waals surface area contributed by atoms with Crippen molar-refractivity contribution in [2.24, 2.45) is 5.73 Å². The van der Waals surface area contributed by atoms with Crippen LogP contribution >= 0.6 is 0 Å². The van der Waals surface area contributed by atoms with E-state index in [1.165, 1.54) is 19.3 Å². The van der Waals surface area contributed by atoms with Gasteiger partial charge in [0.05, 0.1) is 0 Å². The summed E-state index contributed by atoms with van der Waals surface area (Å²) in [6, 6.07) is 3.04. The first kappa shape index (κ1) is 11.7. The van der Waals surface area contributed by atoms with Gasteiger partial charge in [-0.2, -0.15) is 0 Å². The molecular formula is C13H21N5. The molecule has 2 fully saturated rings. The van der Waals surface area contributed by atoms with Crippen LogP contribution in [0.1, 0.15) is 32.1 Å². The van der Waals surface area contributed by atoms with Crippen molar-refractivity contribution in [2.75, 3.05) is 23.3 Å². The Kier molecular flexibility index (Phi) is 3.32. The number of aromatic nitrogens is 2. The second-order valence-electron chi connectivity index (χ2n) is 5.36. The van der Waals surface area contributed by atoms with Crippen LogP contribution in [0.5, 0.6) is 0 Å². The Morgan fingerprint density at radius 2 is 1.94 bits per heavy atom. The smallest absolute Gasteiger partial charge is 0.134 e. The maximum absolute atomic E-state index is 5.92. The van der Waals surface area contributed by atoms with Gasteiger partial charge in [-0.05, 0) is 32.1 Å². The van der Waals surface area contributed by atoms with E-state index in [4.69, 9.17) is 5.73 Å². The summed E-state index contributed by atoms with van der Waals surface area (Å²) < 4.78 is 0. The van der Waals surface area contributed by atoms with Crippen molar-refractivity contribution in [3.63, 3.8) is 0 Å². The topological polar surface area (TPSA) is 67.1 Å². The summed E-state index contributed by atoms with van der Waals surface area (Å²) in [6.45, 7) is 2.00.